The summed E-state index contributed by atoms with van der Waals surface area (Å²) in [6.07, 6.45) is 0. The minimum Gasteiger partial charge on any atom is -0.467 e. The number of hydrogen-bond donors (Lipinski definition) is 7. The first kappa shape index (κ1) is 37.5. The minimum atomic E-state index is -1.08. The molecule has 5 atom stereocenters. The van der Waals surface area contributed by atoms with Crippen LogP contribution in [0.15, 0.2) is 24.3 Å². The van der Waals surface area contributed by atoms with Crippen molar-refractivity contribution in [1.82, 2.24) is 20.1 Å². The summed E-state index contributed by atoms with van der Waals surface area (Å²) < 4.78 is 15.5. The molecule has 0 spiro atoms. The van der Waals surface area contributed by atoms with Gasteiger partial charge < -0.3 is 25.2 Å². The average molecular weight is 712 g/mol. The molecular formula is C24H33N5O8S6. The Balaban J connectivity index is 2.11. The average Bonchev–Trinajstić information content (AvgIpc) is 3.41. The number of anilines is 1. The van der Waals surface area contributed by atoms with E-state index in [2.05, 4.69) is 45.3 Å². The highest BCUT2D eigenvalue weighted by atomic mass is 33.1. The Morgan fingerprint density at radius 1 is 1.07 bits per heavy atom. The number of thiol groups is 2. The molecule has 0 saturated carbocycles. The molecule has 1 heterocycles. The van der Waals surface area contributed by atoms with E-state index in [0.717, 1.165) is 22.9 Å². The van der Waals surface area contributed by atoms with Gasteiger partial charge in [-0.15, -0.1) is 12.6 Å². The number of nitrogens with zero attached hydrogens (tertiary/aromatic N) is 1. The molecule has 0 aromatic heterocycles. The number of carbonyl (C=O) groups is 5. The molecule has 1 aromatic carbocycles. The van der Waals surface area contributed by atoms with E-state index in [0.29, 0.717) is 11.3 Å². The van der Waals surface area contributed by atoms with Crippen LogP contribution in [-0.4, -0.2) is 108 Å². The minimum absolute atomic E-state index is 0.0258. The van der Waals surface area contributed by atoms with Crippen molar-refractivity contribution in [2.75, 3.05) is 49.5 Å². The van der Waals surface area contributed by atoms with Crippen molar-refractivity contribution < 1.29 is 38.6 Å². The molecule has 0 saturated heterocycles. The molecule has 2 rings (SSSR count). The fourth-order valence-electron chi connectivity index (χ4n) is 3.65. The van der Waals surface area contributed by atoms with Gasteiger partial charge in [0.05, 0.1) is 38.8 Å². The third-order valence-corrected chi connectivity index (χ3v) is 9.92. The quantitative estimate of drug-likeness (QED) is 0.0284. The first-order valence-corrected chi connectivity index (χ1v) is 17.4. The maximum absolute atomic E-state index is 13.4. The topological polar surface area (TPSA) is 175 Å². The number of esters is 2. The number of nitrogens with one attached hydrogen (secondary N) is 4. The SMILES string of the molecule is COC(=O)C(CSSN[C@@H](C=S)CO)NC(=O)C1CN(C(=O)NC(CSN[C@@H](CS)C(=O)S)C(=O)OC)c2ccccc21. The number of para-hydroxylation sites is 1. The summed E-state index contributed by atoms with van der Waals surface area (Å²) >= 11 is 13.7. The van der Waals surface area contributed by atoms with Gasteiger partial charge in [-0.2, -0.15) is 12.6 Å². The summed E-state index contributed by atoms with van der Waals surface area (Å²) in [7, 11) is 4.78. The monoisotopic (exact) mass is 711 g/mol. The molecule has 5 N–H and O–H groups in total. The summed E-state index contributed by atoms with van der Waals surface area (Å²) in [5.41, 5.74) is 1.02. The molecule has 0 radical (unpaired) electrons. The van der Waals surface area contributed by atoms with Gasteiger partial charge in [0.25, 0.3) is 0 Å². The Morgan fingerprint density at radius 3 is 2.30 bits per heavy atom. The standard InChI is InChI=1S/C24H33N5O8S6/c1-36-21(32)17(11-41-28-16(10-39)23(34)40)26-24(35)29-7-15(14-5-3-4-6-19(14)29)20(31)25-18(22(33)37-2)12-42-43-27-13(8-30)9-38/h3-6,9,13,15-18,27-28,30,39H,7-8,10-12H2,1-2H3,(H,25,31)(H,26,35)(H,34,40)/t13-,15?,16+,17?,18?/m1/s1. The van der Waals surface area contributed by atoms with Crippen molar-refractivity contribution in [3.05, 3.63) is 29.8 Å². The highest BCUT2D eigenvalue weighted by Crippen LogP contribution is 2.36. The highest BCUT2D eigenvalue weighted by molar-refractivity contribution is 8.76. The van der Waals surface area contributed by atoms with Gasteiger partial charge in [0.15, 0.2) is 0 Å². The molecule has 1 aromatic rings. The van der Waals surface area contributed by atoms with E-state index in [1.807, 2.05) is 0 Å². The molecule has 13 nitrogen and oxygen atoms in total. The van der Waals surface area contributed by atoms with Crippen molar-refractivity contribution >= 4 is 111 Å². The Morgan fingerprint density at radius 2 is 1.72 bits per heavy atom. The Kier molecular flexibility index (Phi) is 17.1. The Bertz CT molecular complexity index is 1150. The van der Waals surface area contributed by atoms with E-state index in [-0.39, 0.29) is 30.4 Å². The number of fused-ring (bicyclic) bond motifs is 1. The molecule has 3 unspecified atom stereocenters. The lowest BCUT2D eigenvalue weighted by Crippen LogP contribution is -2.51. The molecular weight excluding hydrogens is 679 g/mol. The molecule has 0 fully saturated rings. The third-order valence-electron chi connectivity index (χ3n) is 5.93. The lowest BCUT2D eigenvalue weighted by Gasteiger charge is -2.23. The summed E-state index contributed by atoms with van der Waals surface area (Å²) in [5, 5.41) is 15.5. The summed E-state index contributed by atoms with van der Waals surface area (Å²) in [6.45, 7) is -0.251. The van der Waals surface area contributed by atoms with Gasteiger partial charge in [-0.25, -0.2) is 19.1 Å². The number of urea groups is 1. The maximum atomic E-state index is 13.4. The lowest BCUT2D eigenvalue weighted by atomic mass is 10.0. The van der Waals surface area contributed by atoms with Crippen molar-refractivity contribution in [2.24, 2.45) is 0 Å². The normalized spacial score (nSPS) is 16.7. The number of thiocarbonyl (C=S) groups is 1. The molecule has 238 valence electrons. The zero-order valence-electron chi connectivity index (χ0n) is 23.1. The molecule has 0 bridgehead atoms. The van der Waals surface area contributed by atoms with Crippen LogP contribution in [0.5, 0.6) is 0 Å². The van der Waals surface area contributed by atoms with Crippen LogP contribution < -0.4 is 25.0 Å². The first-order chi connectivity index (χ1) is 20.6. The molecule has 1 aliphatic rings. The van der Waals surface area contributed by atoms with Crippen molar-refractivity contribution in [1.29, 1.82) is 0 Å². The predicted octanol–water partition coefficient (Wildman–Crippen LogP) is 0.738. The number of carbonyl (C=O) groups excluding carboxylic acids is 5. The predicted molar refractivity (Wildman–Crippen MR) is 180 cm³/mol. The molecule has 0 aliphatic carbocycles. The largest absolute Gasteiger partial charge is 0.467 e. The van der Waals surface area contributed by atoms with Crippen LogP contribution in [0.25, 0.3) is 0 Å². The number of hydrogen-bond acceptors (Lipinski definition) is 15. The van der Waals surface area contributed by atoms with E-state index < -0.39 is 59.1 Å². The van der Waals surface area contributed by atoms with Crippen LogP contribution in [0.4, 0.5) is 10.5 Å². The maximum Gasteiger partial charge on any atom is 0.329 e. The summed E-state index contributed by atoms with van der Waals surface area (Å²) in [5.74, 6) is -2.32. The zero-order valence-corrected chi connectivity index (χ0v) is 28.1. The van der Waals surface area contributed by atoms with Crippen molar-refractivity contribution in [3.8, 4) is 0 Å². The van der Waals surface area contributed by atoms with E-state index >= 15 is 0 Å². The summed E-state index contributed by atoms with van der Waals surface area (Å²) in [6, 6.07) is 3.01. The van der Waals surface area contributed by atoms with E-state index in [9.17, 15) is 29.1 Å². The number of aliphatic hydroxyl groups excluding tert-OH is 1. The number of benzene rings is 1. The number of aliphatic hydroxyl groups is 1. The van der Waals surface area contributed by atoms with Crippen LogP contribution in [0, 0.1) is 0 Å². The lowest BCUT2D eigenvalue weighted by molar-refractivity contribution is -0.144. The van der Waals surface area contributed by atoms with Gasteiger partial charge in [-0.3, -0.25) is 19.2 Å². The fourth-order valence-corrected chi connectivity index (χ4v) is 7.48. The Labute approximate surface area is 277 Å². The Hall–Kier alpha value is -1.71. The third kappa shape index (κ3) is 11.3. The van der Waals surface area contributed by atoms with Gasteiger partial charge in [0.2, 0.25) is 11.0 Å². The van der Waals surface area contributed by atoms with Crippen LogP contribution >= 0.6 is 71.2 Å². The molecule has 43 heavy (non-hydrogen) atoms. The van der Waals surface area contributed by atoms with Crippen LogP contribution in [0.2, 0.25) is 0 Å². The second-order valence-corrected chi connectivity index (χ2v) is 12.9. The van der Waals surface area contributed by atoms with Crippen LogP contribution in [-0.2, 0) is 28.7 Å². The highest BCUT2D eigenvalue weighted by Gasteiger charge is 2.39. The van der Waals surface area contributed by atoms with E-state index in [4.69, 9.17) is 21.7 Å². The zero-order chi connectivity index (χ0) is 31.9. The van der Waals surface area contributed by atoms with Crippen molar-refractivity contribution in [3.63, 3.8) is 0 Å². The first-order valence-electron chi connectivity index (χ1n) is 12.6. The second kappa shape index (κ2) is 19.6. The summed E-state index contributed by atoms with van der Waals surface area (Å²) in [4.78, 5) is 64.5. The van der Waals surface area contributed by atoms with Gasteiger partial charge in [-0.1, -0.05) is 53.2 Å². The second-order valence-electron chi connectivity index (χ2n) is 8.74. The van der Waals surface area contributed by atoms with E-state index in [1.165, 1.54) is 35.3 Å². The van der Waals surface area contributed by atoms with Gasteiger partial charge >= 0.3 is 18.0 Å². The molecule has 1 aliphatic heterocycles. The number of methoxy groups -OCH3 is 2. The fraction of sp³-hybridized carbons (Fsp3) is 0.500. The molecule has 19 heteroatoms. The number of amides is 3. The van der Waals surface area contributed by atoms with Crippen LogP contribution in [0.3, 0.4) is 0 Å². The number of ether oxygens (including phenoxy) is 2. The smallest absolute Gasteiger partial charge is 0.329 e. The van der Waals surface area contributed by atoms with Crippen molar-refractivity contribution in [2.45, 2.75) is 30.1 Å². The van der Waals surface area contributed by atoms with Gasteiger partial charge in [-0.05, 0) is 28.0 Å². The van der Waals surface area contributed by atoms with E-state index in [1.54, 1.807) is 24.3 Å². The van der Waals surface area contributed by atoms with Gasteiger partial charge in [0, 0.05) is 29.5 Å². The molecule has 3 amide bonds. The number of rotatable bonds is 18. The van der Waals surface area contributed by atoms with Crippen LogP contribution in [0.1, 0.15) is 11.5 Å². The van der Waals surface area contributed by atoms with Gasteiger partial charge in [0.1, 0.15) is 12.1 Å².